The number of nitrogens with one attached hydrogen (secondary N) is 1. The van der Waals surface area contributed by atoms with Gasteiger partial charge in [-0.25, -0.2) is 4.79 Å². The Bertz CT molecular complexity index is 569. The molecule has 2 unspecified atom stereocenters. The molecule has 0 radical (unpaired) electrons. The molecule has 1 aromatic rings. The standard InChI is InChI=1S/C15H18BrClN2O2/c1-21-14(20)15(6-8-19-7-2-3-13(15)19)18-10-4-5-12(17)11(16)9-10/h4-5,9,13,18H,2-3,6-8H2,1H3. The first kappa shape index (κ1) is 15.1. The first-order valence-corrected chi connectivity index (χ1v) is 8.29. The molecule has 0 bridgehead atoms. The van der Waals surface area contributed by atoms with Gasteiger partial charge in [-0.15, -0.1) is 0 Å². The predicted molar refractivity (Wildman–Crippen MR) is 86.7 cm³/mol. The summed E-state index contributed by atoms with van der Waals surface area (Å²) in [7, 11) is 1.46. The van der Waals surface area contributed by atoms with Crippen molar-refractivity contribution in [3.8, 4) is 0 Å². The molecule has 2 saturated heterocycles. The molecule has 0 spiro atoms. The van der Waals surface area contributed by atoms with Crippen LogP contribution in [-0.2, 0) is 9.53 Å². The third kappa shape index (κ3) is 2.56. The number of carbonyl (C=O) groups excluding carboxylic acids is 1. The lowest BCUT2D eigenvalue weighted by molar-refractivity contribution is -0.146. The summed E-state index contributed by atoms with van der Waals surface area (Å²) in [6.45, 7) is 2.00. The Hall–Kier alpha value is -0.780. The molecular formula is C15H18BrClN2O2. The number of fused-ring (bicyclic) bond motifs is 1. The third-order valence-corrected chi connectivity index (χ3v) is 5.78. The van der Waals surface area contributed by atoms with Gasteiger partial charge in [0.05, 0.1) is 12.1 Å². The van der Waals surface area contributed by atoms with E-state index < -0.39 is 5.54 Å². The van der Waals surface area contributed by atoms with E-state index in [4.69, 9.17) is 16.3 Å². The molecule has 1 aromatic carbocycles. The third-order valence-electron chi connectivity index (χ3n) is 4.56. The Balaban J connectivity index is 1.93. The van der Waals surface area contributed by atoms with E-state index in [1.165, 1.54) is 7.11 Å². The van der Waals surface area contributed by atoms with Gasteiger partial charge in [0.15, 0.2) is 5.54 Å². The number of carbonyl (C=O) groups is 1. The van der Waals surface area contributed by atoms with Crippen molar-refractivity contribution in [3.05, 3.63) is 27.7 Å². The zero-order valence-corrected chi connectivity index (χ0v) is 14.2. The van der Waals surface area contributed by atoms with Crippen LogP contribution in [0, 0.1) is 0 Å². The molecule has 0 aromatic heterocycles. The van der Waals surface area contributed by atoms with E-state index >= 15 is 0 Å². The molecule has 6 heteroatoms. The minimum absolute atomic E-state index is 0.178. The smallest absolute Gasteiger partial charge is 0.333 e. The fourth-order valence-corrected chi connectivity index (χ4v) is 4.08. The van der Waals surface area contributed by atoms with Gasteiger partial charge >= 0.3 is 5.97 Å². The number of esters is 1. The van der Waals surface area contributed by atoms with Gasteiger partial charge in [0.2, 0.25) is 0 Å². The highest BCUT2D eigenvalue weighted by molar-refractivity contribution is 9.10. The Kier molecular flexibility index (Phi) is 4.17. The molecule has 114 valence electrons. The number of rotatable bonds is 3. The lowest BCUT2D eigenvalue weighted by Crippen LogP contribution is -2.54. The zero-order chi connectivity index (χ0) is 15.0. The maximum Gasteiger partial charge on any atom is 0.333 e. The van der Waals surface area contributed by atoms with Crippen LogP contribution in [0.5, 0.6) is 0 Å². The van der Waals surface area contributed by atoms with Crippen molar-refractivity contribution in [3.63, 3.8) is 0 Å². The summed E-state index contributed by atoms with van der Waals surface area (Å²) in [5, 5.41) is 4.09. The summed E-state index contributed by atoms with van der Waals surface area (Å²) in [4.78, 5) is 14.9. The molecule has 2 aliphatic rings. The van der Waals surface area contributed by atoms with Crippen LogP contribution >= 0.6 is 27.5 Å². The number of hydrogen-bond acceptors (Lipinski definition) is 4. The van der Waals surface area contributed by atoms with Crippen LogP contribution < -0.4 is 5.32 Å². The normalized spacial score (nSPS) is 28.4. The second kappa shape index (κ2) is 5.78. The molecule has 0 amide bonds. The van der Waals surface area contributed by atoms with E-state index in [-0.39, 0.29) is 12.0 Å². The van der Waals surface area contributed by atoms with Gasteiger partial charge in [0.1, 0.15) is 0 Å². The minimum Gasteiger partial charge on any atom is -0.467 e. The minimum atomic E-state index is -0.654. The Morgan fingerprint density at radius 1 is 1.52 bits per heavy atom. The Morgan fingerprint density at radius 2 is 2.33 bits per heavy atom. The lowest BCUT2D eigenvalue weighted by atomic mass is 9.88. The van der Waals surface area contributed by atoms with E-state index in [0.29, 0.717) is 5.02 Å². The fraction of sp³-hybridized carbons (Fsp3) is 0.533. The van der Waals surface area contributed by atoms with Crippen LogP contribution in [0.25, 0.3) is 0 Å². The number of nitrogens with zero attached hydrogens (tertiary/aromatic N) is 1. The number of benzene rings is 1. The first-order valence-electron chi connectivity index (χ1n) is 7.12. The largest absolute Gasteiger partial charge is 0.467 e. The van der Waals surface area contributed by atoms with E-state index in [1.54, 1.807) is 0 Å². The molecular weight excluding hydrogens is 356 g/mol. The van der Waals surface area contributed by atoms with Crippen molar-refractivity contribution in [2.24, 2.45) is 0 Å². The average Bonchev–Trinajstić information content (AvgIpc) is 3.06. The molecule has 0 saturated carbocycles. The van der Waals surface area contributed by atoms with Crippen molar-refractivity contribution in [2.75, 3.05) is 25.5 Å². The van der Waals surface area contributed by atoms with E-state index in [2.05, 4.69) is 26.1 Å². The summed E-state index contributed by atoms with van der Waals surface area (Å²) < 4.78 is 5.92. The number of ether oxygens (including phenoxy) is 1. The number of halogens is 2. The highest BCUT2D eigenvalue weighted by Gasteiger charge is 2.55. The number of hydrogen-bond donors (Lipinski definition) is 1. The van der Waals surface area contributed by atoms with Gasteiger partial charge in [-0.3, -0.25) is 4.90 Å². The summed E-state index contributed by atoms with van der Waals surface area (Å²) >= 11 is 9.46. The molecule has 1 N–H and O–H groups in total. The fourth-order valence-electron chi connectivity index (χ4n) is 3.59. The van der Waals surface area contributed by atoms with Gasteiger partial charge in [-0.1, -0.05) is 11.6 Å². The van der Waals surface area contributed by atoms with Crippen molar-refractivity contribution in [2.45, 2.75) is 30.8 Å². The van der Waals surface area contributed by atoms with Crippen LogP contribution in [-0.4, -0.2) is 42.6 Å². The monoisotopic (exact) mass is 372 g/mol. The molecule has 2 atom stereocenters. The topological polar surface area (TPSA) is 41.6 Å². The molecule has 2 fully saturated rings. The summed E-state index contributed by atoms with van der Waals surface area (Å²) in [6, 6.07) is 5.83. The van der Waals surface area contributed by atoms with Crippen molar-refractivity contribution in [1.29, 1.82) is 0 Å². The second-order valence-electron chi connectivity index (χ2n) is 5.66. The van der Waals surface area contributed by atoms with Crippen molar-refractivity contribution >= 4 is 39.2 Å². The van der Waals surface area contributed by atoms with Crippen molar-refractivity contribution in [1.82, 2.24) is 4.90 Å². The summed E-state index contributed by atoms with van der Waals surface area (Å²) in [5.74, 6) is -0.178. The molecule has 4 nitrogen and oxygen atoms in total. The molecule has 0 aliphatic carbocycles. The maximum atomic E-state index is 12.5. The number of anilines is 1. The highest BCUT2D eigenvalue weighted by Crippen LogP contribution is 2.40. The van der Waals surface area contributed by atoms with Gasteiger partial charge in [-0.05, 0) is 59.9 Å². The second-order valence-corrected chi connectivity index (χ2v) is 6.92. The van der Waals surface area contributed by atoms with Gasteiger partial charge in [0.25, 0.3) is 0 Å². The highest BCUT2D eigenvalue weighted by atomic mass is 79.9. The van der Waals surface area contributed by atoms with Gasteiger partial charge in [0, 0.05) is 22.7 Å². The van der Waals surface area contributed by atoms with E-state index in [9.17, 15) is 4.79 Å². The Morgan fingerprint density at radius 3 is 3.05 bits per heavy atom. The van der Waals surface area contributed by atoms with Crippen molar-refractivity contribution < 1.29 is 9.53 Å². The van der Waals surface area contributed by atoms with Crippen LogP contribution in [0.3, 0.4) is 0 Å². The summed E-state index contributed by atoms with van der Waals surface area (Å²) in [5.41, 5.74) is 0.226. The molecule has 3 rings (SSSR count). The quantitative estimate of drug-likeness (QED) is 0.826. The van der Waals surface area contributed by atoms with Gasteiger partial charge < -0.3 is 10.1 Å². The summed E-state index contributed by atoms with van der Waals surface area (Å²) in [6.07, 6.45) is 2.93. The Labute approximate surface area is 137 Å². The van der Waals surface area contributed by atoms with E-state index in [1.807, 2.05) is 18.2 Å². The van der Waals surface area contributed by atoms with Crippen LogP contribution in [0.4, 0.5) is 5.69 Å². The van der Waals surface area contributed by atoms with Crippen LogP contribution in [0.15, 0.2) is 22.7 Å². The number of methoxy groups -OCH3 is 1. The van der Waals surface area contributed by atoms with E-state index in [0.717, 1.165) is 42.5 Å². The van der Waals surface area contributed by atoms with Crippen LogP contribution in [0.2, 0.25) is 5.02 Å². The maximum absolute atomic E-state index is 12.5. The average molecular weight is 374 g/mol. The molecule has 2 aliphatic heterocycles. The van der Waals surface area contributed by atoms with Gasteiger partial charge in [-0.2, -0.15) is 0 Å². The molecule has 21 heavy (non-hydrogen) atoms. The lowest BCUT2D eigenvalue weighted by Gasteiger charge is -2.34. The van der Waals surface area contributed by atoms with Crippen LogP contribution in [0.1, 0.15) is 19.3 Å². The SMILES string of the molecule is COC(=O)C1(Nc2ccc(Cl)c(Br)c2)CCN2CCCC21. The predicted octanol–water partition coefficient (Wildman–Crippen LogP) is 3.29. The molecule has 2 heterocycles. The zero-order valence-electron chi connectivity index (χ0n) is 11.9. The first-order chi connectivity index (χ1) is 10.1.